The van der Waals surface area contributed by atoms with Gasteiger partial charge >= 0.3 is 5.97 Å². The lowest BCUT2D eigenvalue weighted by molar-refractivity contribution is -0.141. The summed E-state index contributed by atoms with van der Waals surface area (Å²) in [5, 5.41) is 0. The molecule has 3 nitrogen and oxygen atoms in total. The second-order valence-electron chi connectivity index (χ2n) is 2.67. The molecule has 14 heavy (non-hydrogen) atoms. The maximum absolute atomic E-state index is 10.8. The molecular weight excluding hydrogens is 200 g/mol. The van der Waals surface area contributed by atoms with Crippen LogP contribution in [0.5, 0.6) is 5.75 Å². The minimum atomic E-state index is -0.316. The molecule has 0 fully saturated rings. The summed E-state index contributed by atoms with van der Waals surface area (Å²) in [5.74, 6) is 0.578. The number of rotatable bonds is 4. The van der Waals surface area contributed by atoms with Crippen molar-refractivity contribution in [3.05, 3.63) is 29.8 Å². The third kappa shape index (κ3) is 3.30. The van der Waals surface area contributed by atoms with Gasteiger partial charge in [-0.05, 0) is 17.7 Å². The fourth-order valence-corrected chi connectivity index (χ4v) is 1.02. The van der Waals surface area contributed by atoms with Crippen LogP contribution in [0.15, 0.2) is 24.3 Å². The lowest BCUT2D eigenvalue weighted by Crippen LogP contribution is -2.05. The highest BCUT2D eigenvalue weighted by Crippen LogP contribution is 2.11. The number of esters is 1. The Bertz CT molecular complexity index is 295. The van der Waals surface area contributed by atoms with E-state index in [-0.39, 0.29) is 18.3 Å². The van der Waals surface area contributed by atoms with Crippen molar-refractivity contribution < 1.29 is 14.3 Å². The molecule has 76 valence electrons. The molecule has 1 aromatic rings. The van der Waals surface area contributed by atoms with E-state index in [1.165, 1.54) is 0 Å². The third-order valence-electron chi connectivity index (χ3n) is 1.69. The molecule has 1 aromatic carbocycles. The summed E-state index contributed by atoms with van der Waals surface area (Å²) in [4.78, 5) is 10.8. The van der Waals surface area contributed by atoms with Crippen molar-refractivity contribution in [2.24, 2.45) is 0 Å². The number of hydrogen-bond acceptors (Lipinski definition) is 4. The topological polar surface area (TPSA) is 35.5 Å². The molecule has 0 aliphatic carbocycles. The average molecular weight is 212 g/mol. The molecule has 0 aliphatic heterocycles. The first-order valence-electron chi connectivity index (χ1n) is 4.15. The highest BCUT2D eigenvalue weighted by Gasteiger charge is 1.99. The van der Waals surface area contributed by atoms with Gasteiger partial charge in [0.2, 0.25) is 0 Å². The second kappa shape index (κ2) is 5.54. The molecule has 0 aliphatic rings. The number of thiol groups is 1. The first-order chi connectivity index (χ1) is 6.76. The number of methoxy groups -OCH3 is 1. The summed E-state index contributed by atoms with van der Waals surface area (Å²) in [6, 6.07) is 7.35. The minimum Gasteiger partial charge on any atom is -0.497 e. The van der Waals surface area contributed by atoms with E-state index in [1.54, 1.807) is 7.11 Å². The molecule has 0 atom stereocenters. The van der Waals surface area contributed by atoms with Gasteiger partial charge < -0.3 is 9.47 Å². The van der Waals surface area contributed by atoms with Gasteiger partial charge in [0.25, 0.3) is 0 Å². The number of hydrogen-bond donors (Lipinski definition) is 1. The molecule has 0 unspecified atom stereocenters. The molecule has 0 N–H and O–H groups in total. The van der Waals surface area contributed by atoms with Gasteiger partial charge in [-0.2, -0.15) is 12.6 Å². The van der Waals surface area contributed by atoms with Gasteiger partial charge in [-0.3, -0.25) is 4.79 Å². The Kier molecular flexibility index (Phi) is 4.32. The lowest BCUT2D eigenvalue weighted by Gasteiger charge is -2.04. The zero-order valence-electron chi connectivity index (χ0n) is 7.90. The van der Waals surface area contributed by atoms with Gasteiger partial charge in [-0.1, -0.05) is 12.1 Å². The minimum absolute atomic E-state index is 0.107. The fraction of sp³-hybridized carbons (Fsp3) is 0.300. The van der Waals surface area contributed by atoms with Crippen LogP contribution < -0.4 is 4.74 Å². The van der Waals surface area contributed by atoms with Crippen molar-refractivity contribution >= 4 is 18.6 Å². The summed E-state index contributed by atoms with van der Waals surface area (Å²) in [6.45, 7) is 0.281. The molecule has 0 spiro atoms. The van der Waals surface area contributed by atoms with Gasteiger partial charge in [0.1, 0.15) is 12.4 Å². The molecule has 0 heterocycles. The Labute approximate surface area is 88.4 Å². The smallest absolute Gasteiger partial charge is 0.315 e. The van der Waals surface area contributed by atoms with Crippen LogP contribution in [-0.2, 0) is 16.1 Å². The van der Waals surface area contributed by atoms with E-state index in [4.69, 9.17) is 9.47 Å². The summed E-state index contributed by atoms with van der Waals surface area (Å²) in [5.41, 5.74) is 0.931. The van der Waals surface area contributed by atoms with Crippen LogP contribution in [0.2, 0.25) is 0 Å². The Morgan fingerprint density at radius 2 is 2.00 bits per heavy atom. The Morgan fingerprint density at radius 3 is 2.50 bits per heavy atom. The maximum Gasteiger partial charge on any atom is 0.315 e. The largest absolute Gasteiger partial charge is 0.497 e. The Hall–Kier alpha value is -1.16. The van der Waals surface area contributed by atoms with E-state index in [0.29, 0.717) is 0 Å². The molecule has 0 bridgehead atoms. The van der Waals surface area contributed by atoms with E-state index in [0.717, 1.165) is 11.3 Å². The van der Waals surface area contributed by atoms with E-state index < -0.39 is 0 Å². The highest BCUT2D eigenvalue weighted by atomic mass is 32.1. The van der Waals surface area contributed by atoms with E-state index >= 15 is 0 Å². The molecule has 1 rings (SSSR count). The quantitative estimate of drug-likeness (QED) is 0.609. The van der Waals surface area contributed by atoms with E-state index in [9.17, 15) is 4.79 Å². The van der Waals surface area contributed by atoms with Crippen molar-refractivity contribution in [3.8, 4) is 5.75 Å². The Balaban J connectivity index is 2.47. The maximum atomic E-state index is 10.8. The Morgan fingerprint density at radius 1 is 1.36 bits per heavy atom. The van der Waals surface area contributed by atoms with E-state index in [2.05, 4.69) is 12.6 Å². The van der Waals surface area contributed by atoms with E-state index in [1.807, 2.05) is 24.3 Å². The normalized spacial score (nSPS) is 9.57. The fourth-order valence-electron chi connectivity index (χ4n) is 0.931. The van der Waals surface area contributed by atoms with Gasteiger partial charge in [-0.15, -0.1) is 0 Å². The van der Waals surface area contributed by atoms with Crippen LogP contribution in [0.4, 0.5) is 0 Å². The predicted octanol–water partition coefficient (Wildman–Crippen LogP) is 1.67. The zero-order valence-corrected chi connectivity index (χ0v) is 8.79. The standard InChI is InChI=1S/C10H12O3S/c1-12-9-4-2-8(3-5-9)6-13-10(11)7-14/h2-5,14H,6-7H2,1H3. The van der Waals surface area contributed by atoms with Crippen LogP contribution in [0.25, 0.3) is 0 Å². The number of carbonyl (C=O) groups excluding carboxylic acids is 1. The zero-order chi connectivity index (χ0) is 10.4. The molecule has 0 radical (unpaired) electrons. The van der Waals surface area contributed by atoms with Gasteiger partial charge in [0.05, 0.1) is 12.9 Å². The monoisotopic (exact) mass is 212 g/mol. The van der Waals surface area contributed by atoms with Crippen LogP contribution in [0.3, 0.4) is 0 Å². The molecule has 4 heteroatoms. The summed E-state index contributed by atoms with van der Waals surface area (Å²) in [6.07, 6.45) is 0. The number of ether oxygens (including phenoxy) is 2. The third-order valence-corrected chi connectivity index (χ3v) is 1.95. The lowest BCUT2D eigenvalue weighted by atomic mass is 10.2. The van der Waals surface area contributed by atoms with Crippen molar-refractivity contribution in [2.75, 3.05) is 12.9 Å². The van der Waals surface area contributed by atoms with Crippen molar-refractivity contribution in [1.82, 2.24) is 0 Å². The van der Waals surface area contributed by atoms with Gasteiger partial charge in [0, 0.05) is 0 Å². The molecule has 0 saturated carbocycles. The van der Waals surface area contributed by atoms with Crippen LogP contribution in [-0.4, -0.2) is 18.8 Å². The summed E-state index contributed by atoms with van der Waals surface area (Å²) < 4.78 is 9.89. The summed E-state index contributed by atoms with van der Waals surface area (Å²) >= 11 is 3.80. The van der Waals surface area contributed by atoms with Crippen molar-refractivity contribution in [3.63, 3.8) is 0 Å². The van der Waals surface area contributed by atoms with Gasteiger partial charge in [-0.25, -0.2) is 0 Å². The van der Waals surface area contributed by atoms with Crippen LogP contribution >= 0.6 is 12.6 Å². The molecular formula is C10H12O3S. The summed E-state index contributed by atoms with van der Waals surface area (Å²) in [7, 11) is 1.61. The van der Waals surface area contributed by atoms with Crippen molar-refractivity contribution in [2.45, 2.75) is 6.61 Å². The second-order valence-corrected chi connectivity index (χ2v) is 2.98. The molecule has 0 saturated heterocycles. The molecule has 0 amide bonds. The van der Waals surface area contributed by atoms with Crippen LogP contribution in [0.1, 0.15) is 5.56 Å². The SMILES string of the molecule is COc1ccc(COC(=O)CS)cc1. The van der Waals surface area contributed by atoms with Crippen molar-refractivity contribution in [1.29, 1.82) is 0 Å². The first-order valence-corrected chi connectivity index (χ1v) is 4.79. The predicted molar refractivity (Wildman–Crippen MR) is 56.6 cm³/mol. The number of carbonyl (C=O) groups is 1. The average Bonchev–Trinajstić information content (AvgIpc) is 2.26. The molecule has 0 aromatic heterocycles. The van der Waals surface area contributed by atoms with Crippen LogP contribution in [0, 0.1) is 0 Å². The number of benzene rings is 1. The highest BCUT2D eigenvalue weighted by molar-refractivity contribution is 7.81. The first kappa shape index (κ1) is 10.9. The van der Waals surface area contributed by atoms with Gasteiger partial charge in [0.15, 0.2) is 0 Å².